The van der Waals surface area contributed by atoms with Crippen molar-refractivity contribution in [2.45, 2.75) is 37.2 Å². The van der Waals surface area contributed by atoms with Crippen molar-refractivity contribution in [3.05, 3.63) is 105 Å². The Bertz CT molecular complexity index is 1850. The highest BCUT2D eigenvalue weighted by atomic mass is 35.5. The fraction of sp³-hybridized carbons (Fsp3) is 0.226. The van der Waals surface area contributed by atoms with E-state index in [4.69, 9.17) is 32.4 Å². The molecule has 1 aliphatic rings. The number of hydrogen-bond acceptors (Lipinski definition) is 7. The molecule has 2 heterocycles. The third-order valence-corrected chi connectivity index (χ3v) is 9.04. The van der Waals surface area contributed by atoms with Crippen LogP contribution < -0.4 is 5.32 Å². The molecule has 12 heteroatoms. The molecule has 0 bridgehead atoms. The van der Waals surface area contributed by atoms with Crippen LogP contribution in [0.4, 0.5) is 0 Å². The van der Waals surface area contributed by atoms with Crippen molar-refractivity contribution in [2.24, 2.45) is 0 Å². The third kappa shape index (κ3) is 6.56. The number of nitrogens with zero attached hydrogens (tertiary/aromatic N) is 1. The molecule has 0 saturated heterocycles. The Labute approximate surface area is 258 Å². The number of halogens is 2. The minimum absolute atomic E-state index is 0.00621. The monoisotopic (exact) mass is 641 g/mol. The van der Waals surface area contributed by atoms with Gasteiger partial charge in [-0.1, -0.05) is 41.4 Å². The summed E-state index contributed by atoms with van der Waals surface area (Å²) in [5, 5.41) is 3.74. The van der Waals surface area contributed by atoms with Gasteiger partial charge in [0.15, 0.2) is 9.84 Å². The predicted octanol–water partition coefficient (Wildman–Crippen LogP) is 5.41. The zero-order chi connectivity index (χ0) is 30.9. The molecule has 0 fully saturated rings. The molecule has 1 radical (unpaired) electrons. The number of nitrogens with one attached hydrogen (secondary N) is 1. The number of carbonyl (C=O) groups is 3. The molecule has 0 aliphatic carbocycles. The Morgan fingerprint density at radius 3 is 2.65 bits per heavy atom. The Balaban J connectivity index is 1.37. The van der Waals surface area contributed by atoms with Gasteiger partial charge in [0.25, 0.3) is 11.8 Å². The number of ether oxygens (including phenoxy) is 1. The lowest BCUT2D eigenvalue weighted by Gasteiger charge is -2.30. The topological polar surface area (TPSA) is 123 Å². The minimum atomic E-state index is -3.48. The van der Waals surface area contributed by atoms with Gasteiger partial charge in [0.2, 0.25) is 0 Å². The van der Waals surface area contributed by atoms with Crippen LogP contribution in [0, 0.1) is 6.61 Å². The number of fused-ring (bicyclic) bond motifs is 2. The van der Waals surface area contributed by atoms with E-state index in [1.165, 1.54) is 25.7 Å². The van der Waals surface area contributed by atoms with Gasteiger partial charge >= 0.3 is 5.97 Å². The van der Waals surface area contributed by atoms with Crippen LogP contribution in [0.25, 0.3) is 11.0 Å². The van der Waals surface area contributed by atoms with Gasteiger partial charge in [0.05, 0.1) is 26.8 Å². The number of sulfone groups is 1. The van der Waals surface area contributed by atoms with Crippen LogP contribution in [0.2, 0.25) is 10.0 Å². The van der Waals surface area contributed by atoms with E-state index in [0.29, 0.717) is 40.8 Å². The second-order valence-corrected chi connectivity index (χ2v) is 13.0. The van der Waals surface area contributed by atoms with Crippen LogP contribution in [-0.4, -0.2) is 49.9 Å². The molecule has 43 heavy (non-hydrogen) atoms. The maximum absolute atomic E-state index is 13.5. The molecule has 9 nitrogen and oxygen atoms in total. The van der Waals surface area contributed by atoms with Gasteiger partial charge in [-0.2, -0.15) is 0 Å². The molecule has 3 aromatic carbocycles. The van der Waals surface area contributed by atoms with Crippen molar-refractivity contribution in [2.75, 3.05) is 12.8 Å². The van der Waals surface area contributed by atoms with Crippen molar-refractivity contribution in [1.82, 2.24) is 10.2 Å². The molecule has 1 atom stereocenters. The molecular weight excluding hydrogens is 615 g/mol. The van der Waals surface area contributed by atoms with Gasteiger partial charge in [0.1, 0.15) is 18.2 Å². The Morgan fingerprint density at radius 1 is 1.12 bits per heavy atom. The first kappa shape index (κ1) is 30.6. The van der Waals surface area contributed by atoms with Crippen molar-refractivity contribution in [1.29, 1.82) is 0 Å². The molecule has 0 unspecified atom stereocenters. The van der Waals surface area contributed by atoms with E-state index in [1.54, 1.807) is 41.5 Å². The van der Waals surface area contributed by atoms with E-state index in [2.05, 4.69) is 5.32 Å². The van der Waals surface area contributed by atoms with Crippen molar-refractivity contribution in [3.63, 3.8) is 0 Å². The van der Waals surface area contributed by atoms with Gasteiger partial charge in [-0.15, -0.1) is 0 Å². The summed E-state index contributed by atoms with van der Waals surface area (Å²) >= 11 is 13.3. The standard InChI is InChI=1S/C31H27Cl2N2O7S/c1-3-41-31(38)25(14-18-5-4-6-22(13-18)43(2,39)40)34-29(36)27-24(32)15-21-17-35(11-9-23(21)28(27)33)30(37)20-8-7-19-10-12-42-26(19)16-20/h3-8,10,12-13,15-16,25H,9,11,14,17H2,1-2H3,(H,34,36)/t25-/m0/s1. The highest BCUT2D eigenvalue weighted by Crippen LogP contribution is 2.35. The summed E-state index contributed by atoms with van der Waals surface area (Å²) in [5.74, 6) is -1.61. The number of hydrogen-bond donors (Lipinski definition) is 1. The van der Waals surface area contributed by atoms with Crippen LogP contribution in [0.1, 0.15) is 44.3 Å². The first-order valence-corrected chi connectivity index (χ1v) is 16.0. The average molecular weight is 643 g/mol. The fourth-order valence-corrected chi connectivity index (χ4v) is 6.52. The molecule has 4 aromatic rings. The molecule has 2 amide bonds. The fourth-order valence-electron chi connectivity index (χ4n) is 5.06. The van der Waals surface area contributed by atoms with E-state index >= 15 is 0 Å². The van der Waals surface area contributed by atoms with Gasteiger partial charge in [-0.25, -0.2) is 13.2 Å². The summed E-state index contributed by atoms with van der Waals surface area (Å²) in [7, 11) is -3.48. The second kappa shape index (κ2) is 12.4. The van der Waals surface area contributed by atoms with Crippen molar-refractivity contribution < 1.29 is 32.0 Å². The van der Waals surface area contributed by atoms with E-state index in [0.717, 1.165) is 11.6 Å². The number of esters is 1. The van der Waals surface area contributed by atoms with Crippen LogP contribution in [0.15, 0.2) is 70.2 Å². The van der Waals surface area contributed by atoms with Gasteiger partial charge < -0.3 is 19.4 Å². The van der Waals surface area contributed by atoms with Gasteiger partial charge in [-0.05, 0) is 66.4 Å². The van der Waals surface area contributed by atoms with E-state index in [9.17, 15) is 22.8 Å². The summed E-state index contributed by atoms with van der Waals surface area (Å²) in [6.07, 6.45) is 3.00. The van der Waals surface area contributed by atoms with E-state index in [1.807, 2.05) is 12.1 Å². The predicted molar refractivity (Wildman–Crippen MR) is 162 cm³/mol. The number of benzene rings is 3. The average Bonchev–Trinajstić information content (AvgIpc) is 3.44. The molecule has 223 valence electrons. The molecule has 5 rings (SSSR count). The number of amides is 2. The molecule has 0 saturated carbocycles. The number of carbonyl (C=O) groups excluding carboxylic acids is 3. The van der Waals surface area contributed by atoms with Gasteiger partial charge in [0, 0.05) is 36.7 Å². The highest BCUT2D eigenvalue weighted by Gasteiger charge is 2.30. The first-order valence-electron chi connectivity index (χ1n) is 13.3. The maximum Gasteiger partial charge on any atom is 0.329 e. The lowest BCUT2D eigenvalue weighted by atomic mass is 9.95. The van der Waals surface area contributed by atoms with Crippen LogP contribution >= 0.6 is 23.2 Å². The number of furan rings is 1. The molecule has 1 N–H and O–H groups in total. The van der Waals surface area contributed by atoms with E-state index < -0.39 is 27.8 Å². The van der Waals surface area contributed by atoms with Crippen molar-refractivity contribution in [3.8, 4) is 0 Å². The Hall–Kier alpha value is -3.86. The third-order valence-electron chi connectivity index (χ3n) is 7.21. The largest absolute Gasteiger partial charge is 0.464 e. The molecule has 0 spiro atoms. The second-order valence-electron chi connectivity index (χ2n) is 10.2. The zero-order valence-corrected chi connectivity index (χ0v) is 25.6. The molecule has 1 aromatic heterocycles. The lowest BCUT2D eigenvalue weighted by molar-refractivity contribution is -0.142. The van der Waals surface area contributed by atoms with Crippen LogP contribution in [-0.2, 0) is 38.8 Å². The summed E-state index contributed by atoms with van der Waals surface area (Å²) in [6.45, 7) is 3.31. The number of rotatable bonds is 8. The SMILES string of the molecule is C[CH]OC(=O)[C@H](Cc1cccc(S(C)(=O)=O)c1)NC(=O)c1c(Cl)cc2c(c1Cl)CCN(C(=O)c1ccc3ccoc3c1)C2. The van der Waals surface area contributed by atoms with E-state index in [-0.39, 0.29) is 39.4 Å². The maximum atomic E-state index is 13.5. The quantitative estimate of drug-likeness (QED) is 0.255. The van der Waals surface area contributed by atoms with Gasteiger partial charge in [-0.3, -0.25) is 9.59 Å². The summed E-state index contributed by atoms with van der Waals surface area (Å²) in [5.41, 5.74) is 2.99. The minimum Gasteiger partial charge on any atom is -0.464 e. The van der Waals surface area contributed by atoms with Crippen LogP contribution in [0.3, 0.4) is 0 Å². The first-order chi connectivity index (χ1) is 20.5. The summed E-state index contributed by atoms with van der Waals surface area (Å²) in [4.78, 5) is 41.3. The zero-order valence-electron chi connectivity index (χ0n) is 23.2. The van der Waals surface area contributed by atoms with Crippen molar-refractivity contribution >= 4 is 61.8 Å². The highest BCUT2D eigenvalue weighted by molar-refractivity contribution is 7.90. The van der Waals surface area contributed by atoms with Crippen LogP contribution in [0.5, 0.6) is 0 Å². The smallest absolute Gasteiger partial charge is 0.329 e. The normalized spacial score (nSPS) is 13.8. The molecule has 1 aliphatic heterocycles. The Kier molecular flexibility index (Phi) is 8.82. The Morgan fingerprint density at radius 2 is 1.91 bits per heavy atom. The summed E-state index contributed by atoms with van der Waals surface area (Å²) < 4.78 is 34.5. The summed E-state index contributed by atoms with van der Waals surface area (Å²) in [6, 6.07) is 13.6. The molecular formula is C31H27Cl2N2O7S. The lowest BCUT2D eigenvalue weighted by Crippen LogP contribution is -2.43.